The molecule has 0 bridgehead atoms. The molecular weight excluding hydrogens is 365 g/mol. The summed E-state index contributed by atoms with van der Waals surface area (Å²) in [5, 5.41) is 3.98. The van der Waals surface area contributed by atoms with Gasteiger partial charge in [0, 0.05) is 54.3 Å². The van der Waals surface area contributed by atoms with Crippen LogP contribution in [0.2, 0.25) is 10.0 Å². The highest BCUT2D eigenvalue weighted by Crippen LogP contribution is 2.24. The summed E-state index contributed by atoms with van der Waals surface area (Å²) < 4.78 is 0. The number of nitrogens with one attached hydrogen (secondary N) is 1. The van der Waals surface area contributed by atoms with Gasteiger partial charge in [0.1, 0.15) is 0 Å². The zero-order valence-corrected chi connectivity index (χ0v) is 14.7. The first-order chi connectivity index (χ1) is 12.0. The quantitative estimate of drug-likeness (QED) is 0.825. The molecule has 3 rings (SSSR count). The number of amides is 2. The molecular formula is C16H15Cl2N5O2. The first-order valence-corrected chi connectivity index (χ1v) is 8.34. The number of piperazine rings is 1. The van der Waals surface area contributed by atoms with Crippen molar-refractivity contribution in [3.8, 4) is 0 Å². The number of aromatic nitrogens is 2. The molecule has 0 radical (unpaired) electrons. The molecule has 1 fully saturated rings. The highest BCUT2D eigenvalue weighted by Gasteiger charge is 2.21. The Kier molecular flexibility index (Phi) is 5.35. The van der Waals surface area contributed by atoms with Crippen molar-refractivity contribution in [1.82, 2.24) is 19.8 Å². The second-order valence-electron chi connectivity index (χ2n) is 5.51. The molecule has 1 aliphatic rings. The first kappa shape index (κ1) is 17.4. The van der Waals surface area contributed by atoms with E-state index in [1.807, 2.05) is 0 Å². The third-order valence-electron chi connectivity index (χ3n) is 3.77. The van der Waals surface area contributed by atoms with Gasteiger partial charge in [0.05, 0.1) is 5.56 Å². The van der Waals surface area contributed by atoms with Crippen LogP contribution in [0.5, 0.6) is 0 Å². The van der Waals surface area contributed by atoms with Gasteiger partial charge in [0.15, 0.2) is 0 Å². The minimum absolute atomic E-state index is 0.150. The zero-order chi connectivity index (χ0) is 17.8. The van der Waals surface area contributed by atoms with Crippen LogP contribution in [-0.4, -0.2) is 58.3 Å². The first-order valence-electron chi connectivity index (χ1n) is 7.59. The molecule has 130 valence electrons. The van der Waals surface area contributed by atoms with Gasteiger partial charge in [-0.25, -0.2) is 9.97 Å². The van der Waals surface area contributed by atoms with Crippen molar-refractivity contribution in [1.29, 1.82) is 0 Å². The van der Waals surface area contributed by atoms with E-state index >= 15 is 0 Å². The molecule has 0 atom stereocenters. The predicted octanol–water partition coefficient (Wildman–Crippen LogP) is 2.44. The maximum atomic E-state index is 12.4. The number of benzene rings is 1. The largest absolute Gasteiger partial charge is 0.342 e. The minimum Gasteiger partial charge on any atom is -0.342 e. The molecule has 25 heavy (non-hydrogen) atoms. The Hall–Kier alpha value is -2.38. The standard InChI is InChI=1S/C16H15Cl2N5O2/c17-12-5-13(18)7-14(6-12)21-16-19-8-11(9-20-16)15(25)23-3-1-22(10-24)2-4-23/h5-10H,1-4H2,(H,19,20,21). The van der Waals surface area contributed by atoms with Gasteiger partial charge in [-0.05, 0) is 18.2 Å². The fourth-order valence-electron chi connectivity index (χ4n) is 2.47. The number of rotatable bonds is 4. The molecule has 7 nitrogen and oxygen atoms in total. The van der Waals surface area contributed by atoms with Crippen molar-refractivity contribution < 1.29 is 9.59 Å². The maximum absolute atomic E-state index is 12.4. The summed E-state index contributed by atoms with van der Waals surface area (Å²) >= 11 is 11.9. The van der Waals surface area contributed by atoms with Crippen LogP contribution in [0.1, 0.15) is 10.4 Å². The molecule has 1 N–H and O–H groups in total. The van der Waals surface area contributed by atoms with Crippen LogP contribution >= 0.6 is 23.2 Å². The molecule has 1 aromatic carbocycles. The van der Waals surface area contributed by atoms with E-state index in [0.29, 0.717) is 53.4 Å². The van der Waals surface area contributed by atoms with Crippen molar-refractivity contribution >= 4 is 47.2 Å². The number of anilines is 2. The summed E-state index contributed by atoms with van der Waals surface area (Å²) in [5.74, 6) is 0.184. The van der Waals surface area contributed by atoms with E-state index in [1.54, 1.807) is 28.0 Å². The van der Waals surface area contributed by atoms with Gasteiger partial charge in [-0.3, -0.25) is 9.59 Å². The van der Waals surface area contributed by atoms with Gasteiger partial charge in [0.2, 0.25) is 12.4 Å². The second-order valence-corrected chi connectivity index (χ2v) is 6.38. The van der Waals surface area contributed by atoms with Crippen molar-refractivity contribution in [2.45, 2.75) is 0 Å². The van der Waals surface area contributed by atoms with Crippen LogP contribution in [0.4, 0.5) is 11.6 Å². The number of carbonyl (C=O) groups excluding carboxylic acids is 2. The van der Waals surface area contributed by atoms with Gasteiger partial charge in [-0.15, -0.1) is 0 Å². The lowest BCUT2D eigenvalue weighted by atomic mass is 10.2. The van der Waals surface area contributed by atoms with Gasteiger partial charge in [-0.2, -0.15) is 0 Å². The van der Waals surface area contributed by atoms with E-state index in [0.717, 1.165) is 6.41 Å². The lowest BCUT2D eigenvalue weighted by Crippen LogP contribution is -2.48. The zero-order valence-electron chi connectivity index (χ0n) is 13.2. The Bertz CT molecular complexity index is 756. The molecule has 0 saturated carbocycles. The fraction of sp³-hybridized carbons (Fsp3) is 0.250. The molecule has 0 unspecified atom stereocenters. The van der Waals surface area contributed by atoms with E-state index in [4.69, 9.17) is 23.2 Å². The maximum Gasteiger partial charge on any atom is 0.257 e. The fourth-order valence-corrected chi connectivity index (χ4v) is 3.00. The van der Waals surface area contributed by atoms with Crippen LogP contribution in [0.15, 0.2) is 30.6 Å². The minimum atomic E-state index is -0.150. The van der Waals surface area contributed by atoms with E-state index in [9.17, 15) is 9.59 Å². The van der Waals surface area contributed by atoms with Crippen LogP contribution in [-0.2, 0) is 4.79 Å². The summed E-state index contributed by atoms with van der Waals surface area (Å²) in [5.41, 5.74) is 1.05. The Labute approximate surface area is 154 Å². The number of halogens is 2. The third kappa shape index (κ3) is 4.37. The normalized spacial score (nSPS) is 14.3. The van der Waals surface area contributed by atoms with Crippen LogP contribution in [0.25, 0.3) is 0 Å². The Morgan fingerprint density at radius 1 is 1.04 bits per heavy atom. The summed E-state index contributed by atoms with van der Waals surface area (Å²) in [6, 6.07) is 5.02. The SMILES string of the molecule is O=CN1CCN(C(=O)c2cnc(Nc3cc(Cl)cc(Cl)c3)nc2)CC1. The van der Waals surface area contributed by atoms with Crippen LogP contribution < -0.4 is 5.32 Å². The van der Waals surface area contributed by atoms with Crippen molar-refractivity contribution in [2.24, 2.45) is 0 Å². The van der Waals surface area contributed by atoms with Gasteiger partial charge >= 0.3 is 0 Å². The van der Waals surface area contributed by atoms with Gasteiger partial charge in [-0.1, -0.05) is 23.2 Å². The van der Waals surface area contributed by atoms with Gasteiger partial charge in [0.25, 0.3) is 5.91 Å². The van der Waals surface area contributed by atoms with Crippen LogP contribution in [0, 0.1) is 0 Å². The molecule has 1 aromatic heterocycles. The van der Waals surface area contributed by atoms with Gasteiger partial charge < -0.3 is 15.1 Å². The van der Waals surface area contributed by atoms with Crippen molar-refractivity contribution in [3.05, 3.63) is 46.2 Å². The average molecular weight is 380 g/mol. The number of carbonyl (C=O) groups is 2. The molecule has 0 spiro atoms. The number of nitrogens with zero attached hydrogens (tertiary/aromatic N) is 4. The number of hydrogen-bond donors (Lipinski definition) is 1. The summed E-state index contributed by atoms with van der Waals surface area (Å²) in [7, 11) is 0. The highest BCUT2D eigenvalue weighted by molar-refractivity contribution is 6.35. The van der Waals surface area contributed by atoms with E-state index < -0.39 is 0 Å². The predicted molar refractivity (Wildman–Crippen MR) is 95.3 cm³/mol. The second kappa shape index (κ2) is 7.67. The topological polar surface area (TPSA) is 78.4 Å². The smallest absolute Gasteiger partial charge is 0.257 e. The lowest BCUT2D eigenvalue weighted by molar-refractivity contribution is -0.119. The summed E-state index contributed by atoms with van der Waals surface area (Å²) in [6.07, 6.45) is 3.74. The van der Waals surface area contributed by atoms with E-state index in [2.05, 4.69) is 15.3 Å². The molecule has 2 heterocycles. The molecule has 9 heteroatoms. The van der Waals surface area contributed by atoms with E-state index in [-0.39, 0.29) is 5.91 Å². The highest BCUT2D eigenvalue weighted by atomic mass is 35.5. The number of hydrogen-bond acceptors (Lipinski definition) is 5. The van der Waals surface area contributed by atoms with Crippen LogP contribution in [0.3, 0.4) is 0 Å². The van der Waals surface area contributed by atoms with Crippen molar-refractivity contribution in [2.75, 3.05) is 31.5 Å². The lowest BCUT2D eigenvalue weighted by Gasteiger charge is -2.32. The monoisotopic (exact) mass is 379 g/mol. The average Bonchev–Trinajstić information content (AvgIpc) is 2.61. The summed E-state index contributed by atoms with van der Waals surface area (Å²) in [4.78, 5) is 34.8. The Morgan fingerprint density at radius 2 is 1.64 bits per heavy atom. The third-order valence-corrected chi connectivity index (χ3v) is 4.20. The molecule has 2 amide bonds. The Balaban J connectivity index is 1.65. The van der Waals surface area contributed by atoms with Crippen molar-refractivity contribution in [3.63, 3.8) is 0 Å². The molecule has 1 aliphatic heterocycles. The Morgan fingerprint density at radius 3 is 2.20 bits per heavy atom. The molecule has 2 aromatic rings. The van der Waals surface area contributed by atoms with E-state index in [1.165, 1.54) is 12.4 Å². The summed E-state index contributed by atoms with van der Waals surface area (Å²) in [6.45, 7) is 2.06. The molecule has 0 aliphatic carbocycles. The molecule has 1 saturated heterocycles.